The second-order valence-corrected chi connectivity index (χ2v) is 9.21. The Hall–Kier alpha value is -2.80. The number of carbonyl (C=O) groups excluding carboxylic acids is 2. The summed E-state index contributed by atoms with van der Waals surface area (Å²) in [5, 5.41) is 5.34. The van der Waals surface area contributed by atoms with Gasteiger partial charge in [0.25, 0.3) is 0 Å². The van der Waals surface area contributed by atoms with Crippen molar-refractivity contribution in [3.8, 4) is 5.88 Å². The highest BCUT2D eigenvalue weighted by molar-refractivity contribution is 7.59. The van der Waals surface area contributed by atoms with Crippen LogP contribution in [0.25, 0.3) is 11.2 Å². The first-order valence-electron chi connectivity index (χ1n) is 10.1. The van der Waals surface area contributed by atoms with E-state index in [-0.39, 0.29) is 24.8 Å². The summed E-state index contributed by atoms with van der Waals surface area (Å²) < 4.78 is 35.4. The Bertz CT molecular complexity index is 987. The van der Waals surface area contributed by atoms with Crippen LogP contribution in [0, 0.1) is 0 Å². The molecule has 0 aliphatic rings. The Balaban J connectivity index is 2.07. The van der Waals surface area contributed by atoms with E-state index in [2.05, 4.69) is 34.6 Å². The molecule has 0 saturated heterocycles. The number of fused-ring (bicyclic) bond motifs is 1. The van der Waals surface area contributed by atoms with Crippen LogP contribution in [0.3, 0.4) is 0 Å². The molecule has 0 bridgehead atoms. The van der Waals surface area contributed by atoms with E-state index >= 15 is 0 Å². The molecule has 4 N–H and O–H groups in total. The van der Waals surface area contributed by atoms with Gasteiger partial charge in [0.2, 0.25) is 19.3 Å². The molecule has 0 aromatic carbocycles. The number of aromatic nitrogens is 4. The summed E-state index contributed by atoms with van der Waals surface area (Å²) >= 11 is 0. The average molecular weight is 487 g/mol. The first-order valence-corrected chi connectivity index (χ1v) is 12.0. The Morgan fingerprint density at radius 1 is 1.15 bits per heavy atom. The Kier molecular flexibility index (Phi) is 9.53. The van der Waals surface area contributed by atoms with Crippen molar-refractivity contribution in [2.75, 3.05) is 39.5 Å². The van der Waals surface area contributed by atoms with Gasteiger partial charge in [-0.1, -0.05) is 0 Å². The molecule has 33 heavy (non-hydrogen) atoms. The van der Waals surface area contributed by atoms with Crippen molar-refractivity contribution in [3.63, 3.8) is 0 Å². The molecule has 0 radical (unpaired) electrons. The molecule has 2 aromatic heterocycles. The van der Waals surface area contributed by atoms with Crippen LogP contribution in [0.5, 0.6) is 5.88 Å². The summed E-state index contributed by atoms with van der Waals surface area (Å²) in [6, 6.07) is -1.81. The second-order valence-electron chi connectivity index (χ2n) is 6.96. The van der Waals surface area contributed by atoms with Crippen LogP contribution in [0.1, 0.15) is 20.8 Å². The number of anilines is 1. The molecule has 2 atom stereocenters. The zero-order chi connectivity index (χ0) is 24.6. The molecule has 0 amide bonds. The Labute approximate surface area is 191 Å². The van der Waals surface area contributed by atoms with Crippen LogP contribution in [0.2, 0.25) is 0 Å². The molecule has 0 fully saturated rings. The molecule has 184 valence electrons. The molecule has 15 heteroatoms. The number of nitrogens with two attached hydrogens (primary N) is 1. The molecule has 2 rings (SSSR count). The second kappa shape index (κ2) is 11.9. The number of hydrogen-bond acceptors (Lipinski definition) is 11. The largest absolute Gasteiger partial charge is 0.476 e. The lowest BCUT2D eigenvalue weighted by molar-refractivity contribution is -0.142. The SMILES string of the molecule is CCOc1nc(N)nc2c1ncn2CCOCP(=O)(N[C@@H](C)C(=O)OC)N[C@@H](C)C(=O)OC. The number of hydrogen-bond donors (Lipinski definition) is 3. The zero-order valence-electron chi connectivity index (χ0n) is 19.2. The van der Waals surface area contributed by atoms with Gasteiger partial charge in [-0.3, -0.25) is 14.2 Å². The number of nitrogens with zero attached hydrogens (tertiary/aromatic N) is 4. The van der Waals surface area contributed by atoms with E-state index in [0.29, 0.717) is 24.3 Å². The molecule has 2 aromatic rings. The Morgan fingerprint density at radius 2 is 1.76 bits per heavy atom. The third kappa shape index (κ3) is 7.09. The van der Waals surface area contributed by atoms with E-state index in [4.69, 9.17) is 15.2 Å². The monoisotopic (exact) mass is 487 g/mol. The Morgan fingerprint density at radius 3 is 2.30 bits per heavy atom. The third-order valence-corrected chi connectivity index (χ3v) is 6.55. The van der Waals surface area contributed by atoms with E-state index in [0.717, 1.165) is 0 Å². The van der Waals surface area contributed by atoms with Gasteiger partial charge in [-0.25, -0.2) is 15.2 Å². The first-order chi connectivity index (χ1) is 15.6. The lowest BCUT2D eigenvalue weighted by Crippen LogP contribution is -2.42. The minimum absolute atomic E-state index is 0.0418. The number of methoxy groups -OCH3 is 2. The maximum Gasteiger partial charge on any atom is 0.322 e. The molecule has 0 aliphatic carbocycles. The molecule has 2 heterocycles. The fourth-order valence-electron chi connectivity index (χ4n) is 2.89. The fourth-order valence-corrected chi connectivity index (χ4v) is 4.96. The maximum atomic E-state index is 13.4. The number of rotatable bonds is 13. The van der Waals surface area contributed by atoms with Gasteiger partial charge in [0.05, 0.1) is 33.8 Å². The lowest BCUT2D eigenvalue weighted by atomic mass is 10.4. The van der Waals surface area contributed by atoms with Gasteiger partial charge >= 0.3 is 11.9 Å². The molecule has 0 saturated carbocycles. The fraction of sp³-hybridized carbons (Fsp3) is 0.611. The van der Waals surface area contributed by atoms with Crippen molar-refractivity contribution in [1.82, 2.24) is 29.7 Å². The van der Waals surface area contributed by atoms with Crippen molar-refractivity contribution in [1.29, 1.82) is 0 Å². The minimum atomic E-state index is -3.56. The number of nitrogen functional groups attached to an aromatic ring is 1. The lowest BCUT2D eigenvalue weighted by Gasteiger charge is -2.25. The number of nitrogens with one attached hydrogen (secondary N) is 2. The molecular formula is C18H30N7O7P. The van der Waals surface area contributed by atoms with E-state index in [1.807, 2.05) is 6.92 Å². The minimum Gasteiger partial charge on any atom is -0.476 e. The quantitative estimate of drug-likeness (QED) is 0.199. The number of carbonyl (C=O) groups is 2. The standard InChI is InChI=1S/C18H30N7O7P/c1-6-32-15-13-14(21-18(19)22-15)25(9-20-13)7-8-31-10-33(28,23-11(2)16(26)29-4)24-12(3)17(27)30-5/h9,11-12H,6-8,10H2,1-5H3,(H2,19,21,22)(H2,23,24,28)/t11-,12-/m0/s1. The van der Waals surface area contributed by atoms with Crippen molar-refractivity contribution < 1.29 is 33.1 Å². The summed E-state index contributed by atoms with van der Waals surface area (Å²) in [7, 11) is -1.12. The van der Waals surface area contributed by atoms with E-state index in [9.17, 15) is 14.2 Å². The highest BCUT2D eigenvalue weighted by Gasteiger charge is 2.31. The van der Waals surface area contributed by atoms with E-state index < -0.39 is 31.5 Å². The van der Waals surface area contributed by atoms with Gasteiger partial charge in [-0.05, 0) is 20.8 Å². The van der Waals surface area contributed by atoms with Crippen LogP contribution >= 0.6 is 7.44 Å². The topological polar surface area (TPSA) is 182 Å². The maximum absolute atomic E-state index is 13.4. The predicted octanol–water partition coefficient (Wildman–Crippen LogP) is 0.277. The van der Waals surface area contributed by atoms with Crippen molar-refractivity contribution in [2.24, 2.45) is 0 Å². The number of ether oxygens (including phenoxy) is 4. The highest BCUT2D eigenvalue weighted by atomic mass is 31.2. The normalized spacial score (nSPS) is 13.5. The summed E-state index contributed by atoms with van der Waals surface area (Å²) in [5.41, 5.74) is 6.68. The summed E-state index contributed by atoms with van der Waals surface area (Å²) in [6.45, 7) is 5.60. The molecule has 0 spiro atoms. The van der Waals surface area contributed by atoms with Crippen LogP contribution in [0.4, 0.5) is 5.95 Å². The van der Waals surface area contributed by atoms with Crippen LogP contribution in [0.15, 0.2) is 6.33 Å². The number of imidazole rings is 1. The highest BCUT2D eigenvalue weighted by Crippen LogP contribution is 2.37. The molecular weight excluding hydrogens is 457 g/mol. The summed E-state index contributed by atoms with van der Waals surface area (Å²) in [6.07, 6.45) is 1.23. The van der Waals surface area contributed by atoms with Gasteiger partial charge < -0.3 is 29.2 Å². The predicted molar refractivity (Wildman–Crippen MR) is 119 cm³/mol. The van der Waals surface area contributed by atoms with Gasteiger partial charge in [0.15, 0.2) is 11.2 Å². The molecule has 0 unspecified atom stereocenters. The van der Waals surface area contributed by atoms with E-state index in [1.165, 1.54) is 28.1 Å². The van der Waals surface area contributed by atoms with Gasteiger partial charge in [0, 0.05) is 6.54 Å². The molecule has 0 aliphatic heterocycles. The zero-order valence-corrected chi connectivity index (χ0v) is 20.1. The van der Waals surface area contributed by atoms with Gasteiger partial charge in [-0.2, -0.15) is 9.97 Å². The van der Waals surface area contributed by atoms with Crippen molar-refractivity contribution in [3.05, 3.63) is 6.33 Å². The van der Waals surface area contributed by atoms with Crippen molar-refractivity contribution >= 4 is 36.5 Å². The van der Waals surface area contributed by atoms with Crippen LogP contribution in [-0.4, -0.2) is 77.3 Å². The van der Waals surface area contributed by atoms with Crippen LogP contribution in [-0.2, 0) is 34.9 Å². The van der Waals surface area contributed by atoms with Crippen LogP contribution < -0.4 is 20.6 Å². The van der Waals surface area contributed by atoms with E-state index in [1.54, 1.807) is 10.9 Å². The first kappa shape index (κ1) is 26.5. The van der Waals surface area contributed by atoms with Gasteiger partial charge in [0.1, 0.15) is 18.4 Å². The third-order valence-electron chi connectivity index (χ3n) is 4.39. The molecule has 14 nitrogen and oxygen atoms in total. The van der Waals surface area contributed by atoms with Crippen molar-refractivity contribution in [2.45, 2.75) is 39.4 Å². The van der Waals surface area contributed by atoms with Gasteiger partial charge in [-0.15, -0.1) is 0 Å². The average Bonchev–Trinajstić information content (AvgIpc) is 3.18. The summed E-state index contributed by atoms with van der Waals surface area (Å²) in [5.74, 6) is -0.906. The number of esters is 2. The smallest absolute Gasteiger partial charge is 0.322 e. The summed E-state index contributed by atoms with van der Waals surface area (Å²) in [4.78, 5) is 36.0.